The fraction of sp³-hybridized carbons (Fsp3) is 0.263. The smallest absolute Gasteiger partial charge is 0.422 e. The van der Waals surface area contributed by atoms with Crippen molar-refractivity contribution in [2.45, 2.75) is 27.3 Å². The van der Waals surface area contributed by atoms with E-state index in [-0.39, 0.29) is 0 Å². The van der Waals surface area contributed by atoms with Crippen LogP contribution in [0.4, 0.5) is 0 Å². The molecule has 0 saturated carbocycles. The molecule has 2 aromatic carbocycles. The molecule has 1 heterocycles. The highest BCUT2D eigenvalue weighted by molar-refractivity contribution is 5.80. The average Bonchev–Trinajstić information content (AvgIpc) is 2.54. The minimum Gasteiger partial charge on any atom is -0.491 e. The van der Waals surface area contributed by atoms with Crippen molar-refractivity contribution in [1.29, 1.82) is 0 Å². The summed E-state index contributed by atoms with van der Waals surface area (Å²) in [5.74, 6) is 0.132. The topological polar surface area (TPSA) is 61.4 Å². The number of hydrogen-bond acceptors (Lipinski definition) is 4. The first-order valence-electron chi connectivity index (χ1n) is 7.80. The lowest BCUT2D eigenvalue weighted by molar-refractivity contribution is 0.285. The molecular weight excluding hydrogens is 306 g/mol. The Bertz CT molecular complexity index is 1010. The van der Waals surface area contributed by atoms with Gasteiger partial charge in [0.2, 0.25) is 0 Å². The van der Waals surface area contributed by atoms with Gasteiger partial charge < -0.3 is 9.15 Å². The van der Waals surface area contributed by atoms with Crippen LogP contribution in [-0.2, 0) is 6.54 Å². The highest BCUT2D eigenvalue weighted by Crippen LogP contribution is 2.19. The van der Waals surface area contributed by atoms with E-state index in [0.717, 1.165) is 22.4 Å². The summed E-state index contributed by atoms with van der Waals surface area (Å²) in [4.78, 5) is 24.0. The molecule has 3 aromatic rings. The summed E-state index contributed by atoms with van der Waals surface area (Å²) in [5, 5.41) is 0.404. The van der Waals surface area contributed by atoms with E-state index in [1.54, 1.807) is 12.1 Å². The average molecular weight is 325 g/mol. The number of nitrogens with zero attached hydrogens (tertiary/aromatic N) is 1. The number of aromatic nitrogens is 1. The second kappa shape index (κ2) is 6.35. The molecule has 124 valence electrons. The highest BCUT2D eigenvalue weighted by Gasteiger charge is 2.11. The Morgan fingerprint density at radius 2 is 1.83 bits per heavy atom. The summed E-state index contributed by atoms with van der Waals surface area (Å²) < 4.78 is 12.1. The lowest BCUT2D eigenvalue weighted by atomic mass is 10.1. The molecule has 0 aliphatic carbocycles. The number of fused-ring (bicyclic) bond motifs is 1. The molecule has 0 saturated heterocycles. The van der Waals surface area contributed by atoms with E-state index in [9.17, 15) is 9.59 Å². The second-order valence-corrected chi connectivity index (χ2v) is 5.90. The van der Waals surface area contributed by atoms with Gasteiger partial charge in [-0.15, -0.1) is 0 Å². The first-order chi connectivity index (χ1) is 11.5. The predicted molar refractivity (Wildman–Crippen MR) is 92.9 cm³/mol. The molecule has 0 aliphatic rings. The maximum absolute atomic E-state index is 12.1. The maximum atomic E-state index is 12.1. The van der Waals surface area contributed by atoms with Crippen LogP contribution in [0.5, 0.6) is 5.75 Å². The highest BCUT2D eigenvalue weighted by atomic mass is 16.5. The third-order valence-corrected chi connectivity index (χ3v) is 4.04. The number of benzene rings is 2. The monoisotopic (exact) mass is 325 g/mol. The molecule has 5 heteroatoms. The quantitative estimate of drug-likeness (QED) is 0.740. The van der Waals surface area contributed by atoms with Crippen LogP contribution in [0.25, 0.3) is 10.9 Å². The van der Waals surface area contributed by atoms with Crippen LogP contribution >= 0.6 is 0 Å². The lowest BCUT2D eigenvalue weighted by Gasteiger charge is -2.13. The zero-order chi connectivity index (χ0) is 17.3. The number of hydrogen-bond donors (Lipinski definition) is 0. The number of aryl methyl sites for hydroxylation is 3. The van der Waals surface area contributed by atoms with Crippen LogP contribution in [0.2, 0.25) is 0 Å². The van der Waals surface area contributed by atoms with E-state index < -0.39 is 11.4 Å². The van der Waals surface area contributed by atoms with E-state index in [2.05, 4.69) is 0 Å². The van der Waals surface area contributed by atoms with Gasteiger partial charge in [0.25, 0.3) is 0 Å². The van der Waals surface area contributed by atoms with Gasteiger partial charge in [0.15, 0.2) is 0 Å². The Balaban J connectivity index is 1.92. The van der Waals surface area contributed by atoms with Gasteiger partial charge in [-0.25, -0.2) is 9.59 Å². The SMILES string of the molecule is Cc1ccc(C)c(OCCn2c(=O)oc(=O)c3cccc(C)c32)c1. The van der Waals surface area contributed by atoms with Gasteiger partial charge in [-0.3, -0.25) is 4.57 Å². The van der Waals surface area contributed by atoms with Crippen molar-refractivity contribution in [3.63, 3.8) is 0 Å². The Kier molecular flexibility index (Phi) is 4.25. The normalized spacial score (nSPS) is 11.0. The van der Waals surface area contributed by atoms with Gasteiger partial charge >= 0.3 is 11.4 Å². The van der Waals surface area contributed by atoms with Crippen molar-refractivity contribution in [3.05, 3.63) is 74.1 Å². The molecule has 5 nitrogen and oxygen atoms in total. The summed E-state index contributed by atoms with van der Waals surface area (Å²) in [6.45, 7) is 6.45. The predicted octanol–water partition coefficient (Wildman–Crippen LogP) is 2.96. The number of rotatable bonds is 4. The molecular formula is C19H19NO4. The Morgan fingerprint density at radius 1 is 1.04 bits per heavy atom. The van der Waals surface area contributed by atoms with Crippen LogP contribution < -0.4 is 16.1 Å². The van der Waals surface area contributed by atoms with Gasteiger partial charge in [0.05, 0.1) is 17.4 Å². The summed E-state index contributed by atoms with van der Waals surface area (Å²) >= 11 is 0. The van der Waals surface area contributed by atoms with Crippen LogP contribution in [0.3, 0.4) is 0 Å². The largest absolute Gasteiger partial charge is 0.491 e. The summed E-state index contributed by atoms with van der Waals surface area (Å²) in [6, 6.07) is 11.3. The lowest BCUT2D eigenvalue weighted by Crippen LogP contribution is -2.27. The fourth-order valence-corrected chi connectivity index (χ4v) is 2.78. The molecule has 0 spiro atoms. The fourth-order valence-electron chi connectivity index (χ4n) is 2.78. The van der Waals surface area contributed by atoms with E-state index in [4.69, 9.17) is 9.15 Å². The van der Waals surface area contributed by atoms with Crippen LogP contribution in [0.15, 0.2) is 50.4 Å². The molecule has 0 fully saturated rings. The van der Waals surface area contributed by atoms with Gasteiger partial charge in [-0.2, -0.15) is 0 Å². The molecule has 1 aromatic heterocycles. The van der Waals surface area contributed by atoms with Crippen molar-refractivity contribution >= 4 is 10.9 Å². The Morgan fingerprint density at radius 3 is 2.62 bits per heavy atom. The molecule has 0 atom stereocenters. The molecule has 0 N–H and O–H groups in total. The number of para-hydroxylation sites is 1. The standard InChI is InChI=1S/C19H19NO4/c1-12-7-8-13(2)16(11-12)23-10-9-20-17-14(3)5-4-6-15(17)18(21)24-19(20)22/h4-8,11H,9-10H2,1-3H3. The zero-order valence-electron chi connectivity index (χ0n) is 14.0. The summed E-state index contributed by atoms with van der Waals surface area (Å²) in [7, 11) is 0. The molecule has 3 rings (SSSR count). The Hall–Kier alpha value is -2.82. The van der Waals surface area contributed by atoms with E-state index in [1.165, 1.54) is 4.57 Å². The first-order valence-corrected chi connectivity index (χ1v) is 7.80. The van der Waals surface area contributed by atoms with Crippen molar-refractivity contribution in [1.82, 2.24) is 4.57 Å². The second-order valence-electron chi connectivity index (χ2n) is 5.90. The maximum Gasteiger partial charge on any atom is 0.422 e. The van der Waals surface area contributed by atoms with E-state index >= 15 is 0 Å². The van der Waals surface area contributed by atoms with Crippen LogP contribution in [-0.4, -0.2) is 11.2 Å². The van der Waals surface area contributed by atoms with E-state index in [0.29, 0.717) is 24.1 Å². The minimum absolute atomic E-state index is 0.303. The minimum atomic E-state index is -0.661. The molecule has 0 unspecified atom stereocenters. The zero-order valence-corrected chi connectivity index (χ0v) is 14.0. The van der Waals surface area contributed by atoms with Crippen molar-refractivity contribution in [3.8, 4) is 5.75 Å². The molecule has 24 heavy (non-hydrogen) atoms. The summed E-state index contributed by atoms with van der Waals surface area (Å²) in [5.41, 5.74) is 2.99. The van der Waals surface area contributed by atoms with E-state index in [1.807, 2.05) is 45.0 Å². The third kappa shape index (κ3) is 2.97. The third-order valence-electron chi connectivity index (χ3n) is 4.04. The van der Waals surface area contributed by atoms with Gasteiger partial charge in [0, 0.05) is 0 Å². The van der Waals surface area contributed by atoms with Gasteiger partial charge in [0.1, 0.15) is 12.4 Å². The van der Waals surface area contributed by atoms with Crippen molar-refractivity contribution in [2.75, 3.05) is 6.61 Å². The van der Waals surface area contributed by atoms with Crippen LogP contribution in [0, 0.1) is 20.8 Å². The first kappa shape index (κ1) is 16.1. The molecule has 0 bridgehead atoms. The van der Waals surface area contributed by atoms with Gasteiger partial charge in [-0.1, -0.05) is 24.3 Å². The molecule has 0 aliphatic heterocycles. The molecule has 0 radical (unpaired) electrons. The Labute approximate surface area is 139 Å². The summed E-state index contributed by atoms with van der Waals surface area (Å²) in [6.07, 6.45) is 0. The molecule has 0 amide bonds. The van der Waals surface area contributed by atoms with Crippen molar-refractivity contribution in [2.24, 2.45) is 0 Å². The van der Waals surface area contributed by atoms with Crippen LogP contribution in [0.1, 0.15) is 16.7 Å². The number of ether oxygens (including phenoxy) is 1. The van der Waals surface area contributed by atoms with Crippen molar-refractivity contribution < 1.29 is 9.15 Å². The van der Waals surface area contributed by atoms with Gasteiger partial charge in [-0.05, 0) is 49.6 Å².